The van der Waals surface area contributed by atoms with Crippen LogP contribution < -0.4 is 0 Å². The van der Waals surface area contributed by atoms with Gasteiger partial charge in [-0.05, 0) is 0 Å². The van der Waals surface area contributed by atoms with Gasteiger partial charge in [0.1, 0.15) is 0 Å². The third kappa shape index (κ3) is 5.23. The number of rotatable bonds is 4. The van der Waals surface area contributed by atoms with Crippen molar-refractivity contribution < 1.29 is 33.3 Å². The Morgan fingerprint density at radius 3 is 1.68 bits per heavy atom. The first-order valence-electron chi connectivity index (χ1n) is 6.36. The molecule has 0 aliphatic carbocycles. The second-order valence-electron chi connectivity index (χ2n) is 4.39. The molecule has 0 N–H and O–H groups in total. The Bertz CT molecular complexity index is 275. The van der Waals surface area contributed by atoms with E-state index in [-0.39, 0.29) is 25.0 Å². The van der Waals surface area contributed by atoms with E-state index >= 15 is 0 Å². The maximum atomic E-state index is 11.5. The first-order valence-corrected chi connectivity index (χ1v) is 6.36. The van der Waals surface area contributed by atoms with Crippen molar-refractivity contribution >= 4 is 11.9 Å². The van der Waals surface area contributed by atoms with Crippen molar-refractivity contribution in [3.8, 4) is 0 Å². The summed E-state index contributed by atoms with van der Waals surface area (Å²) in [7, 11) is 0. The summed E-state index contributed by atoms with van der Waals surface area (Å²) in [5.41, 5.74) is 0. The molecule has 19 heavy (non-hydrogen) atoms. The Kier molecular flexibility index (Phi) is 5.71. The molecular weight excluding hydrogens is 256 g/mol. The fourth-order valence-electron chi connectivity index (χ4n) is 1.89. The van der Waals surface area contributed by atoms with Crippen LogP contribution in [0.4, 0.5) is 0 Å². The highest BCUT2D eigenvalue weighted by Gasteiger charge is 2.24. The molecule has 0 saturated carbocycles. The van der Waals surface area contributed by atoms with Crippen LogP contribution in [0.1, 0.15) is 12.8 Å². The highest BCUT2D eigenvalue weighted by Crippen LogP contribution is 2.09. The van der Waals surface area contributed by atoms with Crippen molar-refractivity contribution in [1.29, 1.82) is 0 Å². The summed E-state index contributed by atoms with van der Waals surface area (Å²) in [6, 6.07) is 0. The largest absolute Gasteiger partial charge is 0.393 e. The van der Waals surface area contributed by atoms with Crippen LogP contribution in [0.3, 0.4) is 0 Å². The minimum Gasteiger partial charge on any atom is -0.393 e. The second kappa shape index (κ2) is 7.54. The molecule has 0 aromatic rings. The predicted molar refractivity (Wildman–Crippen MR) is 61.5 cm³/mol. The van der Waals surface area contributed by atoms with Crippen LogP contribution in [-0.4, -0.2) is 63.8 Å². The van der Waals surface area contributed by atoms with Crippen LogP contribution in [0, 0.1) is 0 Å². The molecule has 0 aromatic carbocycles. The molecule has 2 fully saturated rings. The van der Waals surface area contributed by atoms with E-state index in [2.05, 4.69) is 0 Å². The molecule has 108 valence electrons. The number of esters is 2. The summed E-state index contributed by atoms with van der Waals surface area (Å²) < 4.78 is 25.6. The first-order chi connectivity index (χ1) is 9.24. The summed E-state index contributed by atoms with van der Waals surface area (Å²) in [4.78, 5) is 23.0. The van der Waals surface area contributed by atoms with Crippen molar-refractivity contribution in [2.45, 2.75) is 25.0 Å². The molecular formula is C12H18O7. The van der Waals surface area contributed by atoms with Crippen molar-refractivity contribution in [3.63, 3.8) is 0 Å². The normalized spacial score (nSPS) is 27.8. The predicted octanol–water partition coefficient (Wildman–Crippen LogP) is -0.333. The Morgan fingerprint density at radius 2 is 1.32 bits per heavy atom. The first kappa shape index (κ1) is 14.4. The third-order valence-corrected chi connectivity index (χ3v) is 2.79. The Morgan fingerprint density at radius 1 is 0.842 bits per heavy atom. The average Bonchev–Trinajstić information content (AvgIpc) is 2.40. The zero-order valence-electron chi connectivity index (χ0n) is 10.7. The van der Waals surface area contributed by atoms with Gasteiger partial charge in [0.25, 0.3) is 0 Å². The summed E-state index contributed by atoms with van der Waals surface area (Å²) in [5, 5.41) is 0. The van der Waals surface area contributed by atoms with Gasteiger partial charge in [-0.25, -0.2) is 0 Å². The van der Waals surface area contributed by atoms with E-state index in [0.29, 0.717) is 39.6 Å². The topological polar surface area (TPSA) is 80.3 Å². The van der Waals surface area contributed by atoms with E-state index in [1.54, 1.807) is 0 Å². The van der Waals surface area contributed by atoms with Gasteiger partial charge in [-0.15, -0.1) is 0 Å². The van der Waals surface area contributed by atoms with Gasteiger partial charge in [0.05, 0.1) is 64.7 Å². The van der Waals surface area contributed by atoms with E-state index in [0.717, 1.165) is 0 Å². The minimum absolute atomic E-state index is 0.0216. The highest BCUT2D eigenvalue weighted by molar-refractivity contribution is 5.85. The van der Waals surface area contributed by atoms with Crippen LogP contribution in [0.5, 0.6) is 0 Å². The number of ether oxygens (including phenoxy) is 5. The maximum absolute atomic E-state index is 11.5. The smallest absolute Gasteiger partial charge is 0.316 e. The van der Waals surface area contributed by atoms with Crippen LogP contribution in [0.15, 0.2) is 0 Å². The van der Waals surface area contributed by atoms with Crippen molar-refractivity contribution in [1.82, 2.24) is 0 Å². The number of carbonyl (C=O) groups is 2. The van der Waals surface area contributed by atoms with Crippen molar-refractivity contribution in [2.24, 2.45) is 0 Å². The van der Waals surface area contributed by atoms with Crippen molar-refractivity contribution in [3.05, 3.63) is 0 Å². The van der Waals surface area contributed by atoms with E-state index in [4.69, 9.17) is 23.7 Å². The van der Waals surface area contributed by atoms with Crippen LogP contribution >= 0.6 is 0 Å². The molecule has 2 saturated heterocycles. The minimum atomic E-state index is -0.600. The number of hydrogen-bond acceptors (Lipinski definition) is 7. The molecule has 2 rings (SSSR count). The monoisotopic (exact) mass is 274 g/mol. The summed E-state index contributed by atoms with van der Waals surface area (Å²) in [5.74, 6) is -1.20. The SMILES string of the molecule is O=C(CC1COCCO1)OC(=O)CC1COCCO1. The lowest BCUT2D eigenvalue weighted by molar-refractivity contribution is -0.168. The summed E-state index contributed by atoms with van der Waals surface area (Å²) in [6.07, 6.45) is -0.617. The Hall–Kier alpha value is -1.02. The van der Waals surface area contributed by atoms with Gasteiger partial charge < -0.3 is 23.7 Å². The Balaban J connectivity index is 1.64. The average molecular weight is 274 g/mol. The molecule has 2 aliphatic heterocycles. The zero-order valence-corrected chi connectivity index (χ0v) is 10.7. The Labute approximate surface area is 111 Å². The van der Waals surface area contributed by atoms with Gasteiger partial charge in [0.2, 0.25) is 0 Å². The van der Waals surface area contributed by atoms with Gasteiger partial charge >= 0.3 is 11.9 Å². The summed E-state index contributed by atoms with van der Waals surface area (Å²) >= 11 is 0. The van der Waals surface area contributed by atoms with Crippen LogP contribution in [0.2, 0.25) is 0 Å². The molecule has 2 heterocycles. The lowest BCUT2D eigenvalue weighted by Crippen LogP contribution is -2.33. The molecule has 0 bridgehead atoms. The van der Waals surface area contributed by atoms with E-state index in [1.807, 2.05) is 0 Å². The quantitative estimate of drug-likeness (QED) is 0.513. The van der Waals surface area contributed by atoms with Crippen LogP contribution in [0.25, 0.3) is 0 Å². The third-order valence-electron chi connectivity index (χ3n) is 2.79. The molecule has 2 atom stereocenters. The molecule has 0 amide bonds. The van der Waals surface area contributed by atoms with Crippen LogP contribution in [-0.2, 0) is 33.3 Å². The molecule has 7 nitrogen and oxygen atoms in total. The lowest BCUT2D eigenvalue weighted by Gasteiger charge is -2.23. The van der Waals surface area contributed by atoms with Gasteiger partial charge in [0, 0.05) is 0 Å². The molecule has 2 unspecified atom stereocenters. The molecule has 0 aromatic heterocycles. The fourth-order valence-corrected chi connectivity index (χ4v) is 1.89. The van der Waals surface area contributed by atoms with Gasteiger partial charge in [0.15, 0.2) is 0 Å². The molecule has 0 spiro atoms. The maximum Gasteiger partial charge on any atom is 0.316 e. The second-order valence-corrected chi connectivity index (χ2v) is 4.39. The highest BCUT2D eigenvalue weighted by atomic mass is 16.6. The van der Waals surface area contributed by atoms with Gasteiger partial charge in [-0.1, -0.05) is 0 Å². The van der Waals surface area contributed by atoms with E-state index in [9.17, 15) is 9.59 Å². The summed E-state index contributed by atoms with van der Waals surface area (Å²) in [6.45, 7) is 2.68. The number of carbonyl (C=O) groups excluding carboxylic acids is 2. The lowest BCUT2D eigenvalue weighted by atomic mass is 10.2. The van der Waals surface area contributed by atoms with Gasteiger partial charge in [-0.3, -0.25) is 9.59 Å². The van der Waals surface area contributed by atoms with Gasteiger partial charge in [-0.2, -0.15) is 0 Å². The van der Waals surface area contributed by atoms with E-state index in [1.165, 1.54) is 0 Å². The molecule has 7 heteroatoms. The number of hydrogen-bond donors (Lipinski definition) is 0. The van der Waals surface area contributed by atoms with Crippen molar-refractivity contribution in [2.75, 3.05) is 39.6 Å². The molecule has 0 radical (unpaired) electrons. The molecule has 2 aliphatic rings. The fraction of sp³-hybridized carbons (Fsp3) is 0.833. The van der Waals surface area contributed by atoms with E-state index < -0.39 is 11.9 Å². The zero-order chi connectivity index (χ0) is 13.5. The standard InChI is InChI=1S/C12H18O7/c13-11(5-9-7-15-1-3-17-9)19-12(14)6-10-8-16-2-4-18-10/h9-10H,1-8H2.